The molecule has 1 rings (SSSR count). The van der Waals surface area contributed by atoms with E-state index in [9.17, 15) is 4.79 Å². The van der Waals surface area contributed by atoms with Crippen LogP contribution in [0.3, 0.4) is 0 Å². The normalized spacial score (nSPS) is 10.7. The van der Waals surface area contributed by atoms with Crippen molar-refractivity contribution in [2.75, 3.05) is 20.2 Å². The molecule has 0 atom stereocenters. The van der Waals surface area contributed by atoms with Crippen LogP contribution in [0.5, 0.6) is 0 Å². The first-order valence-electron chi connectivity index (χ1n) is 6.32. The van der Waals surface area contributed by atoms with Crippen LogP contribution in [-0.2, 0) is 6.54 Å². The molecular weight excluding hydrogens is 296 g/mol. The molecule has 0 aromatic carbocycles. The average molecular weight is 317 g/mol. The van der Waals surface area contributed by atoms with Crippen LogP contribution in [0.4, 0.5) is 0 Å². The number of aryl methyl sites for hydroxylation is 1. The molecule has 0 saturated heterocycles. The van der Waals surface area contributed by atoms with Crippen molar-refractivity contribution in [1.82, 2.24) is 9.47 Å². The first-order chi connectivity index (χ1) is 8.60. The number of nitrogens with zero attached hydrogens (tertiary/aromatic N) is 2. The van der Waals surface area contributed by atoms with Gasteiger partial charge in [0.25, 0.3) is 5.91 Å². The van der Waals surface area contributed by atoms with Gasteiger partial charge in [0.1, 0.15) is 5.69 Å². The summed E-state index contributed by atoms with van der Waals surface area (Å²) in [5.41, 5.74) is 0.717. The molecule has 1 N–H and O–H groups in total. The predicted octanol–water partition coefficient (Wildman–Crippen LogP) is 2.51. The number of aliphatic hydroxyl groups excluding tert-OH is 1. The van der Waals surface area contributed by atoms with Crippen molar-refractivity contribution in [3.8, 4) is 0 Å². The molecular formula is C13H21BrN2O2. The van der Waals surface area contributed by atoms with E-state index in [1.807, 2.05) is 30.8 Å². The van der Waals surface area contributed by atoms with Crippen molar-refractivity contribution in [3.63, 3.8) is 0 Å². The third-order valence-electron chi connectivity index (χ3n) is 2.92. The van der Waals surface area contributed by atoms with Crippen molar-refractivity contribution >= 4 is 21.8 Å². The van der Waals surface area contributed by atoms with E-state index in [1.54, 1.807) is 4.90 Å². The van der Waals surface area contributed by atoms with Gasteiger partial charge in [-0.25, -0.2) is 0 Å². The summed E-state index contributed by atoms with van der Waals surface area (Å²) >= 11 is 3.40. The molecule has 5 heteroatoms. The van der Waals surface area contributed by atoms with Crippen LogP contribution in [0.2, 0.25) is 0 Å². The standard InChI is InChI=1S/C13H21BrN2O2/c1-3-16-10-11(14)9-12(16)13(18)15(2)7-5-4-6-8-17/h9-10,17H,3-8H2,1-2H3. The number of carbonyl (C=O) groups excluding carboxylic acids is 1. The molecule has 1 heterocycles. The Morgan fingerprint density at radius 2 is 2.17 bits per heavy atom. The van der Waals surface area contributed by atoms with E-state index in [0.29, 0.717) is 5.69 Å². The minimum Gasteiger partial charge on any atom is -0.396 e. The summed E-state index contributed by atoms with van der Waals surface area (Å²) in [5, 5.41) is 8.70. The Hall–Kier alpha value is -0.810. The van der Waals surface area contributed by atoms with E-state index in [2.05, 4.69) is 15.9 Å². The molecule has 0 spiro atoms. The fraction of sp³-hybridized carbons (Fsp3) is 0.615. The first-order valence-corrected chi connectivity index (χ1v) is 7.11. The van der Waals surface area contributed by atoms with Gasteiger partial charge in [-0.3, -0.25) is 4.79 Å². The molecule has 0 fully saturated rings. The topological polar surface area (TPSA) is 45.5 Å². The van der Waals surface area contributed by atoms with E-state index < -0.39 is 0 Å². The quantitative estimate of drug-likeness (QED) is 0.786. The van der Waals surface area contributed by atoms with Crippen molar-refractivity contribution in [2.45, 2.75) is 32.7 Å². The van der Waals surface area contributed by atoms with Gasteiger partial charge in [0.05, 0.1) is 0 Å². The highest BCUT2D eigenvalue weighted by molar-refractivity contribution is 9.10. The number of aliphatic hydroxyl groups is 1. The van der Waals surface area contributed by atoms with Crippen LogP contribution in [0.25, 0.3) is 0 Å². The Kier molecular flexibility index (Phi) is 6.43. The third kappa shape index (κ3) is 4.14. The van der Waals surface area contributed by atoms with Crippen LogP contribution < -0.4 is 0 Å². The minimum absolute atomic E-state index is 0.0477. The number of hydrogen-bond donors (Lipinski definition) is 1. The molecule has 18 heavy (non-hydrogen) atoms. The molecule has 1 amide bonds. The molecule has 102 valence electrons. The van der Waals surface area contributed by atoms with Gasteiger partial charge in [0, 0.05) is 37.4 Å². The maximum absolute atomic E-state index is 12.2. The highest BCUT2D eigenvalue weighted by Crippen LogP contribution is 2.16. The molecule has 0 aliphatic heterocycles. The van der Waals surface area contributed by atoms with Crippen LogP contribution >= 0.6 is 15.9 Å². The predicted molar refractivity (Wildman–Crippen MR) is 75.7 cm³/mol. The van der Waals surface area contributed by atoms with E-state index in [-0.39, 0.29) is 12.5 Å². The second-order valence-electron chi connectivity index (χ2n) is 4.34. The van der Waals surface area contributed by atoms with Gasteiger partial charge >= 0.3 is 0 Å². The first kappa shape index (κ1) is 15.2. The van der Waals surface area contributed by atoms with E-state index in [1.165, 1.54) is 0 Å². The lowest BCUT2D eigenvalue weighted by atomic mass is 10.2. The van der Waals surface area contributed by atoms with Crippen LogP contribution in [-0.4, -0.2) is 40.7 Å². The number of aromatic nitrogens is 1. The molecule has 0 unspecified atom stereocenters. The summed E-state index contributed by atoms with van der Waals surface area (Å²) in [6.45, 7) is 3.75. The van der Waals surface area contributed by atoms with Crippen LogP contribution in [0.1, 0.15) is 36.7 Å². The highest BCUT2D eigenvalue weighted by atomic mass is 79.9. The lowest BCUT2D eigenvalue weighted by molar-refractivity contribution is 0.0781. The number of carbonyl (C=O) groups is 1. The van der Waals surface area contributed by atoms with Gasteiger partial charge in [-0.05, 0) is 48.2 Å². The van der Waals surface area contributed by atoms with E-state index in [4.69, 9.17) is 5.11 Å². The minimum atomic E-state index is 0.0477. The molecule has 0 radical (unpaired) electrons. The molecule has 0 saturated carbocycles. The SMILES string of the molecule is CCn1cc(Br)cc1C(=O)N(C)CCCCCO. The fourth-order valence-corrected chi connectivity index (χ4v) is 2.31. The van der Waals surface area contributed by atoms with Crippen molar-refractivity contribution in [2.24, 2.45) is 0 Å². The van der Waals surface area contributed by atoms with E-state index in [0.717, 1.165) is 36.8 Å². The molecule has 1 aromatic heterocycles. The molecule has 0 aliphatic rings. The van der Waals surface area contributed by atoms with Crippen LogP contribution in [0.15, 0.2) is 16.7 Å². The summed E-state index contributed by atoms with van der Waals surface area (Å²) in [5.74, 6) is 0.0477. The number of amides is 1. The largest absolute Gasteiger partial charge is 0.396 e. The van der Waals surface area contributed by atoms with Crippen molar-refractivity contribution in [1.29, 1.82) is 0 Å². The summed E-state index contributed by atoms with van der Waals surface area (Å²) in [6, 6.07) is 1.86. The van der Waals surface area contributed by atoms with Gasteiger partial charge in [0.15, 0.2) is 0 Å². The highest BCUT2D eigenvalue weighted by Gasteiger charge is 2.16. The van der Waals surface area contributed by atoms with E-state index >= 15 is 0 Å². The molecule has 0 bridgehead atoms. The summed E-state index contributed by atoms with van der Waals surface area (Å²) in [7, 11) is 1.82. The second kappa shape index (κ2) is 7.59. The van der Waals surface area contributed by atoms with Gasteiger partial charge < -0.3 is 14.6 Å². The number of halogens is 1. The molecule has 0 aliphatic carbocycles. The van der Waals surface area contributed by atoms with Gasteiger partial charge in [-0.1, -0.05) is 0 Å². The zero-order chi connectivity index (χ0) is 13.5. The number of unbranched alkanes of at least 4 members (excludes halogenated alkanes) is 2. The fourth-order valence-electron chi connectivity index (χ4n) is 1.85. The smallest absolute Gasteiger partial charge is 0.270 e. The average Bonchev–Trinajstić information content (AvgIpc) is 2.74. The lowest BCUT2D eigenvalue weighted by Gasteiger charge is -2.17. The Balaban J connectivity index is 2.57. The summed E-state index contributed by atoms with van der Waals surface area (Å²) in [4.78, 5) is 14.0. The zero-order valence-corrected chi connectivity index (χ0v) is 12.6. The van der Waals surface area contributed by atoms with Crippen molar-refractivity contribution < 1.29 is 9.90 Å². The second-order valence-corrected chi connectivity index (χ2v) is 5.26. The van der Waals surface area contributed by atoms with Gasteiger partial charge in [-0.2, -0.15) is 0 Å². The number of rotatable bonds is 7. The maximum atomic E-state index is 12.2. The summed E-state index contributed by atoms with van der Waals surface area (Å²) in [6.07, 6.45) is 4.61. The van der Waals surface area contributed by atoms with Crippen molar-refractivity contribution in [3.05, 3.63) is 22.4 Å². The Morgan fingerprint density at radius 1 is 1.44 bits per heavy atom. The monoisotopic (exact) mass is 316 g/mol. The Bertz CT molecular complexity index is 390. The lowest BCUT2D eigenvalue weighted by Crippen LogP contribution is -2.29. The summed E-state index contributed by atoms with van der Waals surface area (Å²) < 4.78 is 2.87. The molecule has 4 nitrogen and oxygen atoms in total. The zero-order valence-electron chi connectivity index (χ0n) is 11.0. The van der Waals surface area contributed by atoms with Gasteiger partial charge in [0.2, 0.25) is 0 Å². The Labute approximate surface area is 117 Å². The molecule has 1 aromatic rings. The third-order valence-corrected chi connectivity index (χ3v) is 3.36. The maximum Gasteiger partial charge on any atom is 0.270 e. The number of hydrogen-bond acceptors (Lipinski definition) is 2. The van der Waals surface area contributed by atoms with Crippen LogP contribution in [0, 0.1) is 0 Å². The Morgan fingerprint density at radius 3 is 2.78 bits per heavy atom. The van der Waals surface area contributed by atoms with Gasteiger partial charge in [-0.15, -0.1) is 0 Å².